The maximum Gasteiger partial charge on any atom is 0.255 e. The van der Waals surface area contributed by atoms with E-state index in [1.165, 1.54) is 5.56 Å². The molecule has 0 aromatic heterocycles. The van der Waals surface area contributed by atoms with Crippen LogP contribution in [0.1, 0.15) is 43.0 Å². The van der Waals surface area contributed by atoms with Gasteiger partial charge in [0, 0.05) is 23.4 Å². The average Bonchev–Trinajstić information content (AvgIpc) is 2.69. The standard InChI is InChI=1S/C24H24N2O2/c1-16-6-4-7-19(12-16)15-25-23(27)20-8-5-9-21(14-20)24(28)26-22-11-10-17(2)18(3)13-22/h4-14H,15H2,1-3H3,(H,25,27)(H,26,28). The summed E-state index contributed by atoms with van der Waals surface area (Å²) in [5.74, 6) is -0.445. The minimum Gasteiger partial charge on any atom is -0.348 e. The molecular formula is C24H24N2O2. The van der Waals surface area contributed by atoms with Crippen LogP contribution in [0.2, 0.25) is 0 Å². The highest BCUT2D eigenvalue weighted by Gasteiger charge is 2.11. The van der Waals surface area contributed by atoms with E-state index in [2.05, 4.69) is 10.6 Å². The molecule has 0 unspecified atom stereocenters. The Bertz CT molecular complexity index is 1020. The van der Waals surface area contributed by atoms with Gasteiger partial charge in [-0.2, -0.15) is 0 Å². The van der Waals surface area contributed by atoms with Crippen LogP contribution >= 0.6 is 0 Å². The van der Waals surface area contributed by atoms with Gasteiger partial charge in [-0.1, -0.05) is 42.0 Å². The Morgan fingerprint density at radius 2 is 1.46 bits per heavy atom. The fourth-order valence-corrected chi connectivity index (χ4v) is 2.93. The predicted octanol–water partition coefficient (Wildman–Crippen LogP) is 4.79. The number of aryl methyl sites for hydroxylation is 3. The Kier molecular flexibility index (Phi) is 5.90. The van der Waals surface area contributed by atoms with Gasteiger partial charge in [0.15, 0.2) is 0 Å². The summed E-state index contributed by atoms with van der Waals surface area (Å²) in [4.78, 5) is 25.0. The van der Waals surface area contributed by atoms with E-state index in [-0.39, 0.29) is 11.8 Å². The molecule has 4 nitrogen and oxygen atoms in total. The van der Waals surface area contributed by atoms with Crippen molar-refractivity contribution in [2.75, 3.05) is 5.32 Å². The molecular weight excluding hydrogens is 348 g/mol. The van der Waals surface area contributed by atoms with Gasteiger partial charge in [0.1, 0.15) is 0 Å². The lowest BCUT2D eigenvalue weighted by molar-refractivity contribution is 0.0951. The number of benzene rings is 3. The van der Waals surface area contributed by atoms with Gasteiger partial charge in [-0.3, -0.25) is 9.59 Å². The molecule has 2 N–H and O–H groups in total. The van der Waals surface area contributed by atoms with Gasteiger partial charge in [0.05, 0.1) is 0 Å². The molecule has 3 aromatic carbocycles. The monoisotopic (exact) mass is 372 g/mol. The number of rotatable bonds is 5. The quantitative estimate of drug-likeness (QED) is 0.676. The molecule has 0 bridgehead atoms. The first-order valence-electron chi connectivity index (χ1n) is 9.25. The van der Waals surface area contributed by atoms with Crippen LogP contribution in [0.3, 0.4) is 0 Å². The predicted molar refractivity (Wildman–Crippen MR) is 113 cm³/mol. The molecule has 0 aliphatic heterocycles. The van der Waals surface area contributed by atoms with Crippen LogP contribution in [0.15, 0.2) is 66.7 Å². The Morgan fingerprint density at radius 3 is 2.18 bits per heavy atom. The van der Waals surface area contributed by atoms with Gasteiger partial charge in [0.2, 0.25) is 0 Å². The lowest BCUT2D eigenvalue weighted by atomic mass is 10.1. The third-order valence-corrected chi connectivity index (χ3v) is 4.69. The molecule has 0 saturated heterocycles. The number of hydrogen-bond donors (Lipinski definition) is 2. The SMILES string of the molecule is Cc1cccc(CNC(=O)c2cccc(C(=O)Nc3ccc(C)c(C)c3)c2)c1. The van der Waals surface area contributed by atoms with Gasteiger partial charge in [-0.05, 0) is 67.8 Å². The molecule has 0 fully saturated rings. The maximum absolute atomic E-state index is 12.6. The molecule has 28 heavy (non-hydrogen) atoms. The average molecular weight is 372 g/mol. The highest BCUT2D eigenvalue weighted by atomic mass is 16.2. The van der Waals surface area contributed by atoms with Crippen molar-refractivity contribution in [3.8, 4) is 0 Å². The molecule has 0 heterocycles. The number of anilines is 1. The fourth-order valence-electron chi connectivity index (χ4n) is 2.93. The van der Waals surface area contributed by atoms with Crippen LogP contribution in [0.4, 0.5) is 5.69 Å². The highest BCUT2D eigenvalue weighted by Crippen LogP contribution is 2.16. The van der Waals surface area contributed by atoms with Crippen molar-refractivity contribution in [2.24, 2.45) is 0 Å². The van der Waals surface area contributed by atoms with E-state index in [0.29, 0.717) is 17.7 Å². The highest BCUT2D eigenvalue weighted by molar-refractivity contribution is 6.06. The van der Waals surface area contributed by atoms with Gasteiger partial charge in [0.25, 0.3) is 11.8 Å². The van der Waals surface area contributed by atoms with Gasteiger partial charge >= 0.3 is 0 Å². The van der Waals surface area contributed by atoms with Crippen LogP contribution in [0, 0.1) is 20.8 Å². The Balaban J connectivity index is 1.67. The second kappa shape index (κ2) is 8.53. The van der Waals surface area contributed by atoms with Crippen molar-refractivity contribution < 1.29 is 9.59 Å². The van der Waals surface area contributed by atoms with Gasteiger partial charge in [-0.25, -0.2) is 0 Å². The van der Waals surface area contributed by atoms with Crippen molar-refractivity contribution >= 4 is 17.5 Å². The third kappa shape index (κ3) is 4.86. The Labute approximate surface area is 165 Å². The number of hydrogen-bond acceptors (Lipinski definition) is 2. The molecule has 4 heteroatoms. The summed E-state index contributed by atoms with van der Waals surface area (Å²) in [6, 6.07) is 20.5. The number of carbonyl (C=O) groups is 2. The van der Waals surface area contributed by atoms with Crippen molar-refractivity contribution in [1.29, 1.82) is 0 Å². The van der Waals surface area contributed by atoms with Crippen LogP contribution in [0.5, 0.6) is 0 Å². The normalized spacial score (nSPS) is 10.4. The topological polar surface area (TPSA) is 58.2 Å². The maximum atomic E-state index is 12.6. The van der Waals surface area contributed by atoms with Crippen molar-refractivity contribution in [3.05, 3.63) is 100 Å². The van der Waals surface area contributed by atoms with Crippen LogP contribution in [0.25, 0.3) is 0 Å². The molecule has 0 spiro atoms. The summed E-state index contributed by atoms with van der Waals surface area (Å²) in [6.45, 7) is 6.49. The number of carbonyl (C=O) groups excluding carboxylic acids is 2. The summed E-state index contributed by atoms with van der Waals surface area (Å²) >= 11 is 0. The first-order valence-corrected chi connectivity index (χ1v) is 9.25. The molecule has 0 aliphatic carbocycles. The fraction of sp³-hybridized carbons (Fsp3) is 0.167. The van der Waals surface area contributed by atoms with Gasteiger partial charge < -0.3 is 10.6 Å². The van der Waals surface area contributed by atoms with Crippen molar-refractivity contribution in [1.82, 2.24) is 5.32 Å². The first-order chi connectivity index (χ1) is 13.4. The summed E-state index contributed by atoms with van der Waals surface area (Å²) < 4.78 is 0. The summed E-state index contributed by atoms with van der Waals surface area (Å²) in [5, 5.41) is 5.79. The lowest BCUT2D eigenvalue weighted by Gasteiger charge is -2.10. The van der Waals surface area contributed by atoms with E-state index in [9.17, 15) is 9.59 Å². The second-order valence-corrected chi connectivity index (χ2v) is 7.01. The zero-order valence-corrected chi connectivity index (χ0v) is 16.4. The molecule has 2 amide bonds. The van der Waals surface area contributed by atoms with E-state index < -0.39 is 0 Å². The molecule has 0 atom stereocenters. The largest absolute Gasteiger partial charge is 0.348 e. The van der Waals surface area contributed by atoms with Crippen molar-refractivity contribution in [2.45, 2.75) is 27.3 Å². The van der Waals surface area contributed by atoms with Crippen LogP contribution in [-0.4, -0.2) is 11.8 Å². The third-order valence-electron chi connectivity index (χ3n) is 4.69. The minimum absolute atomic E-state index is 0.206. The molecule has 0 saturated carbocycles. The molecule has 142 valence electrons. The van der Waals surface area contributed by atoms with Crippen LogP contribution < -0.4 is 10.6 Å². The molecule has 0 radical (unpaired) electrons. The van der Waals surface area contributed by atoms with E-state index in [0.717, 1.165) is 22.4 Å². The second-order valence-electron chi connectivity index (χ2n) is 7.01. The summed E-state index contributed by atoms with van der Waals surface area (Å²) in [7, 11) is 0. The van der Waals surface area contributed by atoms with E-state index in [4.69, 9.17) is 0 Å². The molecule has 3 rings (SSSR count). The zero-order chi connectivity index (χ0) is 20.1. The zero-order valence-electron chi connectivity index (χ0n) is 16.4. The number of nitrogens with one attached hydrogen (secondary N) is 2. The first kappa shape index (κ1) is 19.4. The van der Waals surface area contributed by atoms with E-state index in [1.54, 1.807) is 24.3 Å². The minimum atomic E-state index is -0.239. The van der Waals surface area contributed by atoms with Gasteiger partial charge in [-0.15, -0.1) is 0 Å². The van der Waals surface area contributed by atoms with Crippen LogP contribution in [-0.2, 0) is 6.54 Å². The van der Waals surface area contributed by atoms with E-state index >= 15 is 0 Å². The summed E-state index contributed by atoms with van der Waals surface area (Å²) in [5.41, 5.74) is 6.12. The molecule has 0 aliphatic rings. The summed E-state index contributed by atoms with van der Waals surface area (Å²) in [6.07, 6.45) is 0. The lowest BCUT2D eigenvalue weighted by Crippen LogP contribution is -2.23. The van der Waals surface area contributed by atoms with E-state index in [1.807, 2.05) is 63.2 Å². The number of amides is 2. The molecule has 3 aromatic rings. The Hall–Kier alpha value is -3.40. The Morgan fingerprint density at radius 1 is 0.750 bits per heavy atom. The van der Waals surface area contributed by atoms with Crippen molar-refractivity contribution in [3.63, 3.8) is 0 Å². The smallest absolute Gasteiger partial charge is 0.255 e.